The van der Waals surface area contributed by atoms with Crippen molar-refractivity contribution in [1.29, 1.82) is 0 Å². The van der Waals surface area contributed by atoms with Gasteiger partial charge in [-0.25, -0.2) is 0 Å². The van der Waals surface area contributed by atoms with Gasteiger partial charge in [0, 0.05) is 11.5 Å². The first-order chi connectivity index (χ1) is 9.74. The molecule has 0 unspecified atom stereocenters. The van der Waals surface area contributed by atoms with Crippen molar-refractivity contribution in [2.45, 2.75) is 50.0 Å². The third kappa shape index (κ3) is 1.53. The smallest absolute Gasteiger partial charge is 0.153 e. The fraction of sp³-hybridized carbons (Fsp3) is 0.588. The predicted molar refractivity (Wildman–Crippen MR) is 77.2 cm³/mol. The van der Waals surface area contributed by atoms with Crippen molar-refractivity contribution in [2.75, 3.05) is 6.54 Å². The first-order valence-corrected chi connectivity index (χ1v) is 7.79. The molecule has 106 valence electrons. The zero-order valence-electron chi connectivity index (χ0n) is 11.7. The highest BCUT2D eigenvalue weighted by Gasteiger charge is 2.51. The number of hydrogen-bond acceptors (Lipinski definition) is 3. The number of hydrogen-bond donors (Lipinski definition) is 2. The topological polar surface area (TPSA) is 49.3 Å². The van der Waals surface area contributed by atoms with Crippen LogP contribution in [-0.4, -0.2) is 24.0 Å². The number of phenols is 1. The molecule has 20 heavy (non-hydrogen) atoms. The van der Waals surface area contributed by atoms with Gasteiger partial charge in [0.25, 0.3) is 0 Å². The minimum absolute atomic E-state index is 0.162. The summed E-state index contributed by atoms with van der Waals surface area (Å²) in [4.78, 5) is 11.1. The summed E-state index contributed by atoms with van der Waals surface area (Å²) >= 11 is 0. The van der Waals surface area contributed by atoms with Gasteiger partial charge in [-0.05, 0) is 61.4 Å². The summed E-state index contributed by atoms with van der Waals surface area (Å²) in [5.74, 6) is 0.869. The lowest BCUT2D eigenvalue weighted by molar-refractivity contribution is 0.0794. The van der Waals surface area contributed by atoms with Crippen molar-refractivity contribution in [2.24, 2.45) is 5.92 Å². The van der Waals surface area contributed by atoms with Gasteiger partial charge in [0.05, 0.1) is 5.56 Å². The highest BCUT2D eigenvalue weighted by Crippen LogP contribution is 2.54. The van der Waals surface area contributed by atoms with E-state index in [0.717, 1.165) is 19.3 Å². The molecule has 1 aliphatic heterocycles. The zero-order chi connectivity index (χ0) is 13.7. The normalized spacial score (nSPS) is 35.0. The second-order valence-electron chi connectivity index (χ2n) is 6.71. The molecule has 3 aliphatic rings. The summed E-state index contributed by atoms with van der Waals surface area (Å²) in [5.41, 5.74) is 3.30. The maximum Gasteiger partial charge on any atom is 0.153 e. The molecular formula is C17H21NO2. The first-order valence-electron chi connectivity index (χ1n) is 7.79. The predicted octanol–water partition coefficient (Wildman–Crippen LogP) is 2.55. The summed E-state index contributed by atoms with van der Waals surface area (Å²) in [7, 11) is 0. The van der Waals surface area contributed by atoms with Crippen LogP contribution in [0.25, 0.3) is 0 Å². The van der Waals surface area contributed by atoms with Gasteiger partial charge in [0.1, 0.15) is 5.75 Å². The van der Waals surface area contributed by atoms with Crippen molar-refractivity contribution in [3.63, 3.8) is 0 Å². The monoisotopic (exact) mass is 271 g/mol. The van der Waals surface area contributed by atoms with Crippen LogP contribution in [0.4, 0.5) is 0 Å². The second kappa shape index (κ2) is 4.32. The summed E-state index contributed by atoms with van der Waals surface area (Å²) in [6, 6.07) is 4.38. The molecule has 2 fully saturated rings. The highest BCUT2D eigenvalue weighted by atomic mass is 16.3. The van der Waals surface area contributed by atoms with Crippen LogP contribution in [0.1, 0.15) is 53.6 Å². The fourth-order valence-corrected chi connectivity index (χ4v) is 5.09. The Morgan fingerprint density at radius 3 is 3.05 bits per heavy atom. The van der Waals surface area contributed by atoms with Crippen molar-refractivity contribution in [3.05, 3.63) is 28.8 Å². The van der Waals surface area contributed by atoms with Gasteiger partial charge in [0.15, 0.2) is 6.29 Å². The second-order valence-corrected chi connectivity index (χ2v) is 6.71. The maximum atomic E-state index is 11.1. The van der Waals surface area contributed by atoms with Crippen LogP contribution in [0.15, 0.2) is 12.1 Å². The van der Waals surface area contributed by atoms with Gasteiger partial charge in [-0.3, -0.25) is 4.79 Å². The zero-order valence-corrected chi connectivity index (χ0v) is 11.7. The number of rotatable bonds is 1. The number of fused-ring (bicyclic) bond motifs is 1. The third-order valence-electron chi connectivity index (χ3n) is 5.92. The van der Waals surface area contributed by atoms with Crippen LogP contribution in [0.2, 0.25) is 0 Å². The van der Waals surface area contributed by atoms with E-state index in [1.165, 1.54) is 43.2 Å². The molecular weight excluding hydrogens is 250 g/mol. The van der Waals surface area contributed by atoms with Crippen LogP contribution in [0.3, 0.4) is 0 Å². The molecule has 0 spiro atoms. The molecule has 2 aliphatic carbocycles. The van der Waals surface area contributed by atoms with Crippen molar-refractivity contribution in [3.8, 4) is 5.75 Å². The van der Waals surface area contributed by atoms with Crippen LogP contribution >= 0.6 is 0 Å². The number of piperidine rings is 1. The Morgan fingerprint density at radius 2 is 2.20 bits per heavy atom. The van der Waals surface area contributed by atoms with Crippen LogP contribution < -0.4 is 5.32 Å². The number of nitrogens with one attached hydrogen (secondary N) is 1. The molecule has 1 aromatic rings. The van der Waals surface area contributed by atoms with Gasteiger partial charge in [-0.2, -0.15) is 0 Å². The van der Waals surface area contributed by atoms with E-state index in [1.54, 1.807) is 0 Å². The lowest BCUT2D eigenvalue weighted by atomic mass is 9.52. The highest BCUT2D eigenvalue weighted by molar-refractivity contribution is 5.80. The average Bonchev–Trinajstić information content (AvgIpc) is 2.48. The molecule has 3 nitrogen and oxygen atoms in total. The van der Waals surface area contributed by atoms with E-state index in [1.807, 2.05) is 12.1 Å². The minimum Gasteiger partial charge on any atom is -0.507 e. The largest absolute Gasteiger partial charge is 0.507 e. The van der Waals surface area contributed by atoms with Gasteiger partial charge in [-0.15, -0.1) is 0 Å². The molecule has 3 heteroatoms. The van der Waals surface area contributed by atoms with Gasteiger partial charge < -0.3 is 10.4 Å². The van der Waals surface area contributed by atoms with Crippen molar-refractivity contribution < 1.29 is 9.90 Å². The Morgan fingerprint density at radius 1 is 1.30 bits per heavy atom. The van der Waals surface area contributed by atoms with Crippen LogP contribution in [-0.2, 0) is 11.8 Å². The van der Waals surface area contributed by atoms with E-state index >= 15 is 0 Å². The number of carbonyl (C=O) groups excluding carboxylic acids is 1. The maximum absolute atomic E-state index is 11.1. The number of carbonyl (C=O) groups is 1. The summed E-state index contributed by atoms with van der Waals surface area (Å²) in [5, 5.41) is 13.8. The number of benzene rings is 1. The third-order valence-corrected chi connectivity index (χ3v) is 5.92. The molecule has 0 aromatic heterocycles. The molecule has 3 atom stereocenters. The van der Waals surface area contributed by atoms with Crippen molar-refractivity contribution in [1.82, 2.24) is 5.32 Å². The molecule has 2 N–H and O–H groups in total. The van der Waals surface area contributed by atoms with E-state index in [0.29, 0.717) is 17.5 Å². The molecule has 1 saturated heterocycles. The average molecular weight is 271 g/mol. The quantitative estimate of drug-likeness (QED) is 0.772. The van der Waals surface area contributed by atoms with E-state index in [9.17, 15) is 9.90 Å². The Bertz CT molecular complexity index is 564. The standard InChI is InChI=1S/C17H21NO2/c19-10-12-7-11-8-15-13-3-1-2-4-17(13,5-6-18-15)14(11)9-16(12)20/h7,9-10,13,15,18,20H,1-6,8H2/t13-,15+,17+/m1/s1. The molecule has 1 heterocycles. The van der Waals surface area contributed by atoms with E-state index in [2.05, 4.69) is 5.32 Å². The van der Waals surface area contributed by atoms with Gasteiger partial charge in [0.2, 0.25) is 0 Å². The lowest BCUT2D eigenvalue weighted by Crippen LogP contribution is -2.59. The lowest BCUT2D eigenvalue weighted by Gasteiger charge is -2.56. The van der Waals surface area contributed by atoms with Crippen molar-refractivity contribution >= 4 is 6.29 Å². The Labute approximate surface area is 119 Å². The number of phenolic OH excluding ortho intramolecular Hbond substituents is 1. The Hall–Kier alpha value is -1.35. The van der Waals surface area contributed by atoms with Crippen LogP contribution in [0, 0.1) is 5.92 Å². The molecule has 1 saturated carbocycles. The minimum atomic E-state index is 0.162. The summed E-state index contributed by atoms with van der Waals surface area (Å²) in [6.07, 6.45) is 8.10. The molecule has 2 bridgehead atoms. The molecule has 1 aromatic carbocycles. The van der Waals surface area contributed by atoms with Crippen LogP contribution in [0.5, 0.6) is 5.75 Å². The molecule has 0 radical (unpaired) electrons. The van der Waals surface area contributed by atoms with Gasteiger partial charge >= 0.3 is 0 Å². The fourth-order valence-electron chi connectivity index (χ4n) is 5.09. The first kappa shape index (κ1) is 12.4. The number of aldehydes is 1. The SMILES string of the molecule is O=Cc1cc2c(cc1O)[C@]13CCCC[C@@H]1[C@H](C2)NCC3. The van der Waals surface area contributed by atoms with E-state index in [-0.39, 0.29) is 11.2 Å². The molecule has 0 amide bonds. The van der Waals surface area contributed by atoms with E-state index < -0.39 is 0 Å². The Kier molecular flexibility index (Phi) is 2.68. The summed E-state index contributed by atoms with van der Waals surface area (Å²) < 4.78 is 0. The molecule has 4 rings (SSSR count). The van der Waals surface area contributed by atoms with E-state index in [4.69, 9.17) is 0 Å². The van der Waals surface area contributed by atoms with Gasteiger partial charge in [-0.1, -0.05) is 12.8 Å². The summed E-state index contributed by atoms with van der Waals surface area (Å²) in [6.45, 7) is 1.08. The number of aromatic hydroxyl groups is 1. The Balaban J connectivity index is 1.91.